The number of rotatable bonds is 1. The van der Waals surface area contributed by atoms with Crippen molar-refractivity contribution in [2.24, 2.45) is 0 Å². The van der Waals surface area contributed by atoms with E-state index in [4.69, 9.17) is 16.3 Å². The average Bonchev–Trinajstić information content (AvgIpc) is 2.57. The van der Waals surface area contributed by atoms with Gasteiger partial charge >= 0.3 is 6.09 Å². The maximum absolute atomic E-state index is 11.7. The lowest BCUT2D eigenvalue weighted by Gasteiger charge is -2.45. The second-order valence-electron chi connectivity index (χ2n) is 5.47. The van der Waals surface area contributed by atoms with Gasteiger partial charge < -0.3 is 14.7 Å². The van der Waals surface area contributed by atoms with Crippen LogP contribution in [0.1, 0.15) is 25.6 Å². The summed E-state index contributed by atoms with van der Waals surface area (Å²) >= 11 is 7.38. The van der Waals surface area contributed by atoms with E-state index >= 15 is 0 Å². The third kappa shape index (κ3) is 2.63. The van der Waals surface area contributed by atoms with E-state index in [9.17, 15) is 9.90 Å². The highest BCUT2D eigenvalue weighted by molar-refractivity contribution is 7.10. The van der Waals surface area contributed by atoms with Gasteiger partial charge in [-0.3, -0.25) is 0 Å². The Balaban J connectivity index is 1.98. The monoisotopic (exact) mass is 289 g/mol. The fraction of sp³-hybridized carbons (Fsp3) is 0.583. The molecule has 1 aliphatic heterocycles. The van der Waals surface area contributed by atoms with Crippen molar-refractivity contribution in [3.05, 3.63) is 21.3 Å². The minimum absolute atomic E-state index is 0.224. The molecule has 1 aromatic heterocycles. The molecule has 18 heavy (non-hydrogen) atoms. The van der Waals surface area contributed by atoms with Crippen LogP contribution in [0, 0.1) is 0 Å². The molecular formula is C12H16ClNO3S. The van der Waals surface area contributed by atoms with E-state index < -0.39 is 17.3 Å². The van der Waals surface area contributed by atoms with Crippen LogP contribution in [0.15, 0.2) is 11.4 Å². The summed E-state index contributed by atoms with van der Waals surface area (Å²) in [4.78, 5) is 13.9. The normalized spacial score (nSPS) is 18.4. The minimum Gasteiger partial charge on any atom is -0.444 e. The van der Waals surface area contributed by atoms with Gasteiger partial charge in [-0.05, 0) is 32.2 Å². The highest BCUT2D eigenvalue weighted by atomic mass is 35.5. The number of likely N-dealkylation sites (tertiary alicyclic amines) is 1. The number of hydrogen-bond acceptors (Lipinski definition) is 4. The Morgan fingerprint density at radius 3 is 2.61 bits per heavy atom. The number of β-amino-alcohol motifs (C(OH)–C–C–N with tert-alkyl or cyclic N) is 1. The van der Waals surface area contributed by atoms with Crippen LogP contribution < -0.4 is 0 Å². The van der Waals surface area contributed by atoms with Crippen LogP contribution in [0.4, 0.5) is 4.79 Å². The number of carbonyl (C=O) groups is 1. The summed E-state index contributed by atoms with van der Waals surface area (Å²) in [6.45, 7) is 5.89. The first kappa shape index (κ1) is 13.6. The average molecular weight is 290 g/mol. The van der Waals surface area contributed by atoms with Crippen molar-refractivity contribution in [2.45, 2.75) is 32.0 Å². The van der Waals surface area contributed by atoms with Gasteiger partial charge in [0.25, 0.3) is 0 Å². The van der Waals surface area contributed by atoms with Crippen LogP contribution in [0.5, 0.6) is 0 Å². The van der Waals surface area contributed by atoms with Crippen molar-refractivity contribution in [1.29, 1.82) is 0 Å². The first-order valence-corrected chi connectivity index (χ1v) is 6.91. The zero-order valence-electron chi connectivity index (χ0n) is 10.6. The summed E-state index contributed by atoms with van der Waals surface area (Å²) in [7, 11) is 0. The van der Waals surface area contributed by atoms with Crippen LogP contribution >= 0.6 is 22.9 Å². The lowest BCUT2D eigenvalue weighted by molar-refractivity contribution is -0.101. The molecule has 0 unspecified atom stereocenters. The molecule has 0 saturated carbocycles. The van der Waals surface area contributed by atoms with Gasteiger partial charge in [-0.25, -0.2) is 4.79 Å². The molecule has 0 aliphatic carbocycles. The van der Waals surface area contributed by atoms with E-state index in [1.165, 1.54) is 16.2 Å². The molecule has 1 aromatic rings. The fourth-order valence-electron chi connectivity index (χ4n) is 1.81. The lowest BCUT2D eigenvalue weighted by atomic mass is 9.93. The van der Waals surface area contributed by atoms with E-state index in [-0.39, 0.29) is 13.1 Å². The van der Waals surface area contributed by atoms with Crippen LogP contribution in [0.3, 0.4) is 0 Å². The summed E-state index contributed by atoms with van der Waals surface area (Å²) in [5.74, 6) is 0. The highest BCUT2D eigenvalue weighted by Crippen LogP contribution is 2.39. The molecule has 1 saturated heterocycles. The molecule has 6 heteroatoms. The number of amides is 1. The summed E-state index contributed by atoms with van der Waals surface area (Å²) in [6.07, 6.45) is -0.403. The van der Waals surface area contributed by atoms with E-state index in [1.807, 2.05) is 26.2 Å². The molecule has 0 atom stereocenters. The van der Waals surface area contributed by atoms with Crippen molar-refractivity contribution in [3.8, 4) is 0 Å². The molecule has 1 amide bonds. The molecule has 4 nitrogen and oxygen atoms in total. The van der Waals surface area contributed by atoms with Crippen LogP contribution in [0.25, 0.3) is 0 Å². The number of hydrogen-bond donors (Lipinski definition) is 1. The van der Waals surface area contributed by atoms with Crippen LogP contribution in [-0.2, 0) is 10.3 Å². The predicted molar refractivity (Wildman–Crippen MR) is 71.0 cm³/mol. The topological polar surface area (TPSA) is 49.8 Å². The van der Waals surface area contributed by atoms with Crippen molar-refractivity contribution >= 4 is 29.0 Å². The van der Waals surface area contributed by atoms with Crippen molar-refractivity contribution < 1.29 is 14.6 Å². The Morgan fingerprint density at radius 1 is 1.56 bits per heavy atom. The zero-order chi connectivity index (χ0) is 13.6. The largest absolute Gasteiger partial charge is 0.444 e. The van der Waals surface area contributed by atoms with Gasteiger partial charge in [-0.1, -0.05) is 11.6 Å². The SMILES string of the molecule is CC(C)(C)OC(=O)N1CC(O)(c2sccc2Cl)C1. The minimum atomic E-state index is -1.03. The van der Waals surface area contributed by atoms with E-state index in [0.717, 1.165) is 0 Å². The smallest absolute Gasteiger partial charge is 0.410 e. The van der Waals surface area contributed by atoms with E-state index in [0.29, 0.717) is 9.90 Å². The number of halogens is 1. The van der Waals surface area contributed by atoms with Gasteiger partial charge in [0.1, 0.15) is 11.2 Å². The molecule has 100 valence electrons. The van der Waals surface area contributed by atoms with Crippen molar-refractivity contribution in [1.82, 2.24) is 4.90 Å². The Morgan fingerprint density at radius 2 is 2.17 bits per heavy atom. The molecule has 0 spiro atoms. The third-order valence-corrected chi connectivity index (χ3v) is 4.13. The maximum atomic E-state index is 11.7. The van der Waals surface area contributed by atoms with Crippen molar-refractivity contribution in [2.75, 3.05) is 13.1 Å². The molecule has 0 aromatic carbocycles. The Hall–Kier alpha value is -0.780. The van der Waals surface area contributed by atoms with Crippen LogP contribution in [-0.4, -0.2) is 34.8 Å². The Labute approximate surface area is 115 Å². The molecule has 1 N–H and O–H groups in total. The van der Waals surface area contributed by atoms with Gasteiger partial charge in [0, 0.05) is 0 Å². The first-order valence-electron chi connectivity index (χ1n) is 5.65. The quantitative estimate of drug-likeness (QED) is 0.865. The van der Waals surface area contributed by atoms with Gasteiger partial charge in [-0.2, -0.15) is 0 Å². The fourth-order valence-corrected chi connectivity index (χ4v) is 3.13. The van der Waals surface area contributed by atoms with E-state index in [1.54, 1.807) is 6.07 Å². The summed E-state index contributed by atoms with van der Waals surface area (Å²) in [5, 5.41) is 12.7. The lowest BCUT2D eigenvalue weighted by Crippen LogP contribution is -2.61. The maximum Gasteiger partial charge on any atom is 0.410 e. The molecule has 2 rings (SSSR count). The molecule has 2 heterocycles. The standard InChI is InChI=1S/C12H16ClNO3S/c1-11(2,3)17-10(15)14-6-12(16,7-14)9-8(13)4-5-18-9/h4-5,16H,6-7H2,1-3H3. The number of thiophene rings is 1. The highest BCUT2D eigenvalue weighted by Gasteiger charge is 2.48. The first-order chi connectivity index (χ1) is 8.21. The summed E-state index contributed by atoms with van der Waals surface area (Å²) < 4.78 is 5.23. The number of carbonyl (C=O) groups excluding carboxylic acids is 1. The Bertz CT molecular complexity index is 460. The second-order valence-corrected chi connectivity index (χ2v) is 6.79. The Kier molecular flexibility index (Phi) is 3.34. The molecular weight excluding hydrogens is 274 g/mol. The van der Waals surface area contributed by atoms with E-state index in [2.05, 4.69) is 0 Å². The van der Waals surface area contributed by atoms with Gasteiger partial charge in [0.2, 0.25) is 0 Å². The number of nitrogens with zero attached hydrogens (tertiary/aromatic N) is 1. The molecule has 0 radical (unpaired) electrons. The van der Waals surface area contributed by atoms with Crippen LogP contribution in [0.2, 0.25) is 5.02 Å². The number of ether oxygens (including phenoxy) is 1. The molecule has 1 aliphatic rings. The van der Waals surface area contributed by atoms with Gasteiger partial charge in [-0.15, -0.1) is 11.3 Å². The predicted octanol–water partition coefficient (Wildman–Crippen LogP) is 2.84. The summed E-state index contributed by atoms with van der Waals surface area (Å²) in [5.41, 5.74) is -1.55. The summed E-state index contributed by atoms with van der Waals surface area (Å²) in [6, 6.07) is 1.75. The van der Waals surface area contributed by atoms with Crippen molar-refractivity contribution in [3.63, 3.8) is 0 Å². The second kappa shape index (κ2) is 4.40. The third-order valence-electron chi connectivity index (χ3n) is 2.60. The number of aliphatic hydroxyl groups is 1. The molecule has 0 bridgehead atoms. The van der Waals surface area contributed by atoms with Gasteiger partial charge in [0.05, 0.1) is 23.0 Å². The van der Waals surface area contributed by atoms with Gasteiger partial charge in [0.15, 0.2) is 0 Å². The molecule has 1 fully saturated rings. The zero-order valence-corrected chi connectivity index (χ0v) is 12.1.